The van der Waals surface area contributed by atoms with Crippen molar-refractivity contribution >= 4 is 6.09 Å². The third-order valence-electron chi connectivity index (χ3n) is 1.81. The van der Waals surface area contributed by atoms with Crippen LogP contribution in [0.1, 0.15) is 33.6 Å². The zero-order chi connectivity index (χ0) is 13.9. The Morgan fingerprint density at radius 1 is 1.29 bits per heavy atom. The van der Waals surface area contributed by atoms with E-state index in [0.29, 0.717) is 25.9 Å². The molecule has 17 heavy (non-hydrogen) atoms. The van der Waals surface area contributed by atoms with Crippen molar-refractivity contribution in [2.45, 2.75) is 39.2 Å². The predicted octanol–water partition coefficient (Wildman–Crippen LogP) is 1.76. The molecule has 0 unspecified atom stereocenters. The molecule has 0 bridgehead atoms. The Hall–Kier alpha value is -1.65. The first-order valence-electron chi connectivity index (χ1n) is 5.38. The van der Waals surface area contributed by atoms with Crippen molar-refractivity contribution in [3.63, 3.8) is 0 Å². The van der Waals surface area contributed by atoms with Gasteiger partial charge in [-0.15, -0.1) is 24.7 Å². The molecule has 0 spiro atoms. The Morgan fingerprint density at radius 2 is 1.76 bits per heavy atom. The van der Waals surface area contributed by atoms with Crippen LogP contribution in [0.3, 0.4) is 0 Å². The lowest BCUT2D eigenvalue weighted by Gasteiger charge is -2.32. The summed E-state index contributed by atoms with van der Waals surface area (Å²) in [5.74, 6) is 4.81. The molecule has 0 saturated carbocycles. The second-order valence-electron chi connectivity index (χ2n) is 4.30. The smallest absolute Gasteiger partial charge is 0.407 e. The minimum absolute atomic E-state index is 0.372. The molecule has 0 aliphatic rings. The number of amides is 1. The van der Waals surface area contributed by atoms with Crippen LogP contribution < -0.4 is 5.73 Å². The van der Waals surface area contributed by atoms with Gasteiger partial charge in [-0.25, -0.2) is 4.79 Å². The number of carboxylic acid groups (broad SMARTS) is 1. The van der Waals surface area contributed by atoms with Gasteiger partial charge in [-0.1, -0.05) is 0 Å². The first-order valence-corrected chi connectivity index (χ1v) is 5.38. The molecule has 0 aliphatic heterocycles. The van der Waals surface area contributed by atoms with Crippen molar-refractivity contribution in [1.82, 2.24) is 4.90 Å². The van der Waals surface area contributed by atoms with E-state index >= 15 is 0 Å². The minimum atomic E-state index is -0.919. The van der Waals surface area contributed by atoms with E-state index in [1.54, 1.807) is 0 Å². The topological polar surface area (TPSA) is 66.6 Å². The summed E-state index contributed by atoms with van der Waals surface area (Å²) in [6.07, 6.45) is 10.1. The van der Waals surface area contributed by atoms with Gasteiger partial charge in [-0.3, -0.25) is 0 Å². The number of hydrogen-bond donors (Lipinski definition) is 2. The predicted molar refractivity (Wildman–Crippen MR) is 70.4 cm³/mol. The summed E-state index contributed by atoms with van der Waals surface area (Å²) >= 11 is 0. The highest BCUT2D eigenvalue weighted by Crippen LogP contribution is 2.13. The van der Waals surface area contributed by atoms with Crippen molar-refractivity contribution in [2.24, 2.45) is 5.73 Å². The third-order valence-corrected chi connectivity index (χ3v) is 1.81. The molecule has 0 fully saturated rings. The van der Waals surface area contributed by atoms with Crippen molar-refractivity contribution < 1.29 is 9.90 Å². The zero-order valence-corrected chi connectivity index (χ0v) is 10.9. The van der Waals surface area contributed by atoms with Crippen LogP contribution in [0.5, 0.6) is 0 Å². The van der Waals surface area contributed by atoms with Crippen LogP contribution in [-0.4, -0.2) is 34.7 Å². The van der Waals surface area contributed by atoms with E-state index in [2.05, 4.69) is 11.8 Å². The molecule has 0 saturated heterocycles. The van der Waals surface area contributed by atoms with Gasteiger partial charge in [0.2, 0.25) is 0 Å². The Morgan fingerprint density at radius 3 is 1.94 bits per heavy atom. The van der Waals surface area contributed by atoms with Gasteiger partial charge in [0.1, 0.15) is 0 Å². The first-order chi connectivity index (χ1) is 7.81. The SMILES string of the molecule is C#CCCN.C#CCCN(C(=O)O)C(C)(C)C. The standard InChI is InChI=1S/C9H15NO2.C4H7N/c1-5-6-7-10(8(11)12)9(2,3)4;1-2-3-4-5/h1H,6-7H2,2-4H3,(H,11,12);1H,3-5H2. The third kappa shape index (κ3) is 10.6. The highest BCUT2D eigenvalue weighted by Gasteiger charge is 2.24. The Bertz CT molecular complexity index is 292. The molecule has 0 aromatic carbocycles. The molecule has 4 nitrogen and oxygen atoms in total. The van der Waals surface area contributed by atoms with E-state index in [4.69, 9.17) is 23.7 Å². The fourth-order valence-corrected chi connectivity index (χ4v) is 0.978. The molecule has 0 heterocycles. The second-order valence-corrected chi connectivity index (χ2v) is 4.30. The van der Waals surface area contributed by atoms with Gasteiger partial charge in [-0.2, -0.15) is 0 Å². The summed E-state index contributed by atoms with van der Waals surface area (Å²) in [5, 5.41) is 8.79. The van der Waals surface area contributed by atoms with Crippen LogP contribution in [0.25, 0.3) is 0 Å². The van der Waals surface area contributed by atoms with Crippen molar-refractivity contribution in [3.05, 3.63) is 0 Å². The van der Waals surface area contributed by atoms with Gasteiger partial charge < -0.3 is 15.7 Å². The maximum absolute atomic E-state index is 10.7. The fourth-order valence-electron chi connectivity index (χ4n) is 0.978. The molecule has 96 valence electrons. The number of hydrogen-bond acceptors (Lipinski definition) is 2. The van der Waals surface area contributed by atoms with E-state index in [0.717, 1.165) is 0 Å². The monoisotopic (exact) mass is 238 g/mol. The van der Waals surface area contributed by atoms with E-state index in [1.807, 2.05) is 20.8 Å². The van der Waals surface area contributed by atoms with E-state index < -0.39 is 6.09 Å². The summed E-state index contributed by atoms with van der Waals surface area (Å²) in [4.78, 5) is 12.0. The molecule has 4 heteroatoms. The molecule has 0 radical (unpaired) electrons. The molecule has 0 rings (SSSR count). The van der Waals surface area contributed by atoms with Gasteiger partial charge in [0.05, 0.1) is 0 Å². The minimum Gasteiger partial charge on any atom is -0.465 e. The first kappa shape index (κ1) is 17.7. The number of terminal acetylenes is 2. The van der Waals surface area contributed by atoms with Gasteiger partial charge >= 0.3 is 6.09 Å². The number of carbonyl (C=O) groups is 1. The molecule has 0 aromatic heterocycles. The van der Waals surface area contributed by atoms with Crippen LogP contribution >= 0.6 is 0 Å². The average molecular weight is 238 g/mol. The second kappa shape index (κ2) is 9.57. The average Bonchev–Trinajstić information content (AvgIpc) is 2.18. The van der Waals surface area contributed by atoms with Gasteiger partial charge in [0, 0.05) is 31.5 Å². The molecular weight excluding hydrogens is 216 g/mol. The van der Waals surface area contributed by atoms with E-state index in [-0.39, 0.29) is 5.54 Å². The molecule has 1 amide bonds. The number of nitrogens with two attached hydrogens (primary N) is 1. The molecule has 3 N–H and O–H groups in total. The van der Waals surface area contributed by atoms with Gasteiger partial charge in [0.15, 0.2) is 0 Å². The van der Waals surface area contributed by atoms with E-state index in [9.17, 15) is 4.79 Å². The fraction of sp³-hybridized carbons (Fsp3) is 0.615. The molecule has 0 aliphatic carbocycles. The lowest BCUT2D eigenvalue weighted by Crippen LogP contribution is -2.45. The van der Waals surface area contributed by atoms with Crippen LogP contribution in [0, 0.1) is 24.7 Å². The number of nitrogens with zero attached hydrogens (tertiary/aromatic N) is 1. The highest BCUT2D eigenvalue weighted by atomic mass is 16.4. The maximum Gasteiger partial charge on any atom is 0.407 e. The van der Waals surface area contributed by atoms with Crippen LogP contribution in [0.4, 0.5) is 4.79 Å². The Labute approximate surface area is 104 Å². The van der Waals surface area contributed by atoms with Gasteiger partial charge in [-0.05, 0) is 20.8 Å². The van der Waals surface area contributed by atoms with Gasteiger partial charge in [0.25, 0.3) is 0 Å². The Balaban J connectivity index is 0. The van der Waals surface area contributed by atoms with Crippen molar-refractivity contribution in [1.29, 1.82) is 0 Å². The summed E-state index contributed by atoms with van der Waals surface area (Å²) in [5.41, 5.74) is 4.62. The summed E-state index contributed by atoms with van der Waals surface area (Å²) in [6.45, 7) is 6.54. The van der Waals surface area contributed by atoms with Crippen LogP contribution in [0.15, 0.2) is 0 Å². The van der Waals surface area contributed by atoms with Crippen LogP contribution in [0.2, 0.25) is 0 Å². The molecule has 0 atom stereocenters. The largest absolute Gasteiger partial charge is 0.465 e. The Kier molecular flexibility index (Phi) is 9.98. The lowest BCUT2D eigenvalue weighted by atomic mass is 10.1. The maximum atomic E-state index is 10.7. The molecular formula is C13H22N2O2. The lowest BCUT2D eigenvalue weighted by molar-refractivity contribution is 0.102. The van der Waals surface area contributed by atoms with Crippen LogP contribution in [-0.2, 0) is 0 Å². The highest BCUT2D eigenvalue weighted by molar-refractivity contribution is 5.65. The van der Waals surface area contributed by atoms with Crippen molar-refractivity contribution in [2.75, 3.05) is 13.1 Å². The quantitative estimate of drug-likeness (QED) is 0.736. The van der Waals surface area contributed by atoms with E-state index in [1.165, 1.54) is 4.90 Å². The van der Waals surface area contributed by atoms with Crippen molar-refractivity contribution in [3.8, 4) is 24.7 Å². The molecule has 0 aromatic rings. The summed E-state index contributed by atoms with van der Waals surface area (Å²) in [6, 6.07) is 0. The normalized spacial score (nSPS) is 9.29. The summed E-state index contributed by atoms with van der Waals surface area (Å²) in [7, 11) is 0. The summed E-state index contributed by atoms with van der Waals surface area (Å²) < 4.78 is 0. The zero-order valence-electron chi connectivity index (χ0n) is 10.9. The number of rotatable bonds is 3.